The molecule has 0 aliphatic heterocycles. The van der Waals surface area contributed by atoms with Crippen LogP contribution in [-0.4, -0.2) is 35.6 Å². The monoisotopic (exact) mass is 514 g/mol. The van der Waals surface area contributed by atoms with E-state index >= 15 is 0 Å². The van der Waals surface area contributed by atoms with Gasteiger partial charge in [0.25, 0.3) is 0 Å². The van der Waals surface area contributed by atoms with Crippen molar-refractivity contribution in [3.05, 3.63) is 99.5 Å². The Hall–Kier alpha value is -2.47. The third-order valence-electron chi connectivity index (χ3n) is 5.48. The van der Waals surface area contributed by atoms with Gasteiger partial charge in [0.05, 0.1) is 0 Å². The summed E-state index contributed by atoms with van der Waals surface area (Å²) in [5.41, 5.74) is 2.92. The zero-order valence-electron chi connectivity index (χ0n) is 19.3. The van der Waals surface area contributed by atoms with Gasteiger partial charge in [-0.2, -0.15) is 0 Å². The lowest BCUT2D eigenvalue weighted by Crippen LogP contribution is -2.49. The lowest BCUT2D eigenvalue weighted by atomic mass is 10.0. The van der Waals surface area contributed by atoms with Crippen molar-refractivity contribution >= 4 is 46.8 Å². The molecule has 3 aromatic carbocycles. The molecule has 0 spiro atoms. The summed E-state index contributed by atoms with van der Waals surface area (Å²) >= 11 is 14.1. The minimum Gasteiger partial charge on any atom is -0.357 e. The van der Waals surface area contributed by atoms with Crippen molar-refractivity contribution < 1.29 is 9.59 Å². The SMILES string of the molecule is CNC(=O)[C@H](Cc1ccccc1)N(Cc1ccc(Cl)cc1Cl)C(=O)CCSc1ccc(C)cc1. The number of hydrogen-bond donors (Lipinski definition) is 1. The quantitative estimate of drug-likeness (QED) is 0.329. The summed E-state index contributed by atoms with van der Waals surface area (Å²) in [6.45, 7) is 2.26. The zero-order chi connectivity index (χ0) is 24.5. The highest BCUT2D eigenvalue weighted by Gasteiger charge is 2.30. The third-order valence-corrected chi connectivity index (χ3v) is 7.08. The first-order chi connectivity index (χ1) is 16.4. The van der Waals surface area contributed by atoms with Gasteiger partial charge in [0.1, 0.15) is 6.04 Å². The predicted octanol–water partition coefficient (Wildman–Crippen LogP) is 6.17. The molecule has 0 aromatic heterocycles. The molecule has 1 atom stereocenters. The maximum Gasteiger partial charge on any atom is 0.242 e. The molecule has 0 unspecified atom stereocenters. The molecule has 178 valence electrons. The number of carbonyl (C=O) groups is 2. The Morgan fingerprint density at radius 1 is 1.00 bits per heavy atom. The normalized spacial score (nSPS) is 11.6. The fourth-order valence-electron chi connectivity index (χ4n) is 3.59. The highest BCUT2D eigenvalue weighted by Crippen LogP contribution is 2.25. The van der Waals surface area contributed by atoms with Crippen LogP contribution in [0.3, 0.4) is 0 Å². The number of likely N-dealkylation sites (N-methyl/N-ethyl adjacent to an activating group) is 1. The number of hydrogen-bond acceptors (Lipinski definition) is 3. The number of aryl methyl sites for hydroxylation is 1. The minimum absolute atomic E-state index is 0.102. The van der Waals surface area contributed by atoms with E-state index in [1.165, 1.54) is 5.56 Å². The van der Waals surface area contributed by atoms with Gasteiger partial charge < -0.3 is 10.2 Å². The van der Waals surface area contributed by atoms with Gasteiger partial charge in [0.2, 0.25) is 11.8 Å². The van der Waals surface area contributed by atoms with Gasteiger partial charge in [-0.1, -0.05) is 77.3 Å². The number of benzene rings is 3. The lowest BCUT2D eigenvalue weighted by molar-refractivity contribution is -0.140. The van der Waals surface area contributed by atoms with Crippen molar-refractivity contribution in [2.24, 2.45) is 0 Å². The van der Waals surface area contributed by atoms with Crippen LogP contribution in [-0.2, 0) is 22.6 Å². The number of nitrogens with zero attached hydrogens (tertiary/aromatic N) is 1. The summed E-state index contributed by atoms with van der Waals surface area (Å²) in [6, 6.07) is 22.4. The number of halogens is 2. The smallest absolute Gasteiger partial charge is 0.242 e. The van der Waals surface area contributed by atoms with Crippen LogP contribution in [0, 0.1) is 6.92 Å². The molecule has 3 aromatic rings. The van der Waals surface area contributed by atoms with Crippen LogP contribution in [0.1, 0.15) is 23.1 Å². The number of nitrogens with one attached hydrogen (secondary N) is 1. The molecule has 0 saturated heterocycles. The van der Waals surface area contributed by atoms with Crippen LogP contribution in [0.25, 0.3) is 0 Å². The first-order valence-corrected chi connectivity index (χ1v) is 12.8. The van der Waals surface area contributed by atoms with Crippen molar-refractivity contribution in [3.63, 3.8) is 0 Å². The molecule has 3 rings (SSSR count). The van der Waals surface area contributed by atoms with Crippen LogP contribution < -0.4 is 5.32 Å². The highest BCUT2D eigenvalue weighted by molar-refractivity contribution is 7.99. The van der Waals surface area contributed by atoms with E-state index in [-0.39, 0.29) is 18.4 Å². The van der Waals surface area contributed by atoms with E-state index in [1.54, 1.807) is 41.9 Å². The number of thioether (sulfide) groups is 1. The Morgan fingerprint density at radius 3 is 2.35 bits per heavy atom. The molecule has 1 N–H and O–H groups in total. The molecule has 0 aliphatic carbocycles. The van der Waals surface area contributed by atoms with E-state index in [0.717, 1.165) is 16.0 Å². The molecule has 34 heavy (non-hydrogen) atoms. The first-order valence-electron chi connectivity index (χ1n) is 11.1. The van der Waals surface area contributed by atoms with E-state index in [9.17, 15) is 9.59 Å². The standard InChI is InChI=1S/C27H28Cl2N2O2S/c1-19-8-12-23(13-9-19)34-15-14-26(32)31(18-21-10-11-22(28)17-24(21)29)25(27(33)30-2)16-20-6-4-3-5-7-20/h3-13,17,25H,14-16,18H2,1-2H3,(H,30,33)/t25-/m0/s1. The lowest BCUT2D eigenvalue weighted by Gasteiger charge is -2.31. The Morgan fingerprint density at radius 2 is 1.71 bits per heavy atom. The van der Waals surface area contributed by atoms with Gasteiger partial charge in [0.15, 0.2) is 0 Å². The van der Waals surface area contributed by atoms with E-state index in [0.29, 0.717) is 28.6 Å². The van der Waals surface area contributed by atoms with Gasteiger partial charge in [-0.25, -0.2) is 0 Å². The number of rotatable bonds is 10. The van der Waals surface area contributed by atoms with Crippen molar-refractivity contribution in [2.75, 3.05) is 12.8 Å². The van der Waals surface area contributed by atoms with Gasteiger partial charge in [-0.3, -0.25) is 9.59 Å². The molecular weight excluding hydrogens is 487 g/mol. The highest BCUT2D eigenvalue weighted by atomic mass is 35.5. The summed E-state index contributed by atoms with van der Waals surface area (Å²) < 4.78 is 0. The molecule has 0 fully saturated rings. The van der Waals surface area contributed by atoms with Crippen molar-refractivity contribution in [3.8, 4) is 0 Å². The van der Waals surface area contributed by atoms with Crippen LogP contribution in [0.15, 0.2) is 77.7 Å². The predicted molar refractivity (Wildman–Crippen MR) is 142 cm³/mol. The van der Waals surface area contributed by atoms with Crippen LogP contribution in [0.4, 0.5) is 0 Å². The zero-order valence-corrected chi connectivity index (χ0v) is 21.6. The van der Waals surface area contributed by atoms with Crippen molar-refractivity contribution in [1.82, 2.24) is 10.2 Å². The Balaban J connectivity index is 1.83. The Bertz CT molecular complexity index is 1110. The molecule has 0 saturated carbocycles. The van der Waals surface area contributed by atoms with Crippen LogP contribution >= 0.6 is 35.0 Å². The molecule has 0 heterocycles. The Kier molecular flexibility index (Phi) is 9.87. The summed E-state index contributed by atoms with van der Waals surface area (Å²) in [6.07, 6.45) is 0.703. The molecule has 2 amide bonds. The molecular formula is C27H28Cl2N2O2S. The fraction of sp³-hybridized carbons (Fsp3) is 0.259. The second-order valence-corrected chi connectivity index (χ2v) is 10.0. The summed E-state index contributed by atoms with van der Waals surface area (Å²) in [5, 5.41) is 3.71. The maximum absolute atomic E-state index is 13.5. The molecule has 0 bridgehead atoms. The van der Waals surface area contributed by atoms with Crippen LogP contribution in [0.2, 0.25) is 10.0 Å². The van der Waals surface area contributed by atoms with Gasteiger partial charge in [-0.15, -0.1) is 11.8 Å². The minimum atomic E-state index is -0.670. The largest absolute Gasteiger partial charge is 0.357 e. The summed E-state index contributed by atoms with van der Waals surface area (Å²) in [4.78, 5) is 29.2. The van der Waals surface area contributed by atoms with E-state index in [1.807, 2.05) is 37.3 Å². The topological polar surface area (TPSA) is 49.4 Å². The van der Waals surface area contributed by atoms with Crippen LogP contribution in [0.5, 0.6) is 0 Å². The maximum atomic E-state index is 13.5. The second-order valence-electron chi connectivity index (χ2n) is 7.99. The van der Waals surface area contributed by atoms with Crippen molar-refractivity contribution in [1.29, 1.82) is 0 Å². The first kappa shape index (κ1) is 26.1. The van der Waals surface area contributed by atoms with Crippen molar-refractivity contribution in [2.45, 2.75) is 37.2 Å². The average molecular weight is 516 g/mol. The molecule has 0 aliphatic rings. The summed E-state index contributed by atoms with van der Waals surface area (Å²) in [7, 11) is 1.59. The third kappa shape index (κ3) is 7.52. The van der Waals surface area contributed by atoms with Gasteiger partial charge in [-0.05, 0) is 42.3 Å². The fourth-order valence-corrected chi connectivity index (χ4v) is 4.90. The number of carbonyl (C=O) groups excluding carboxylic acids is 2. The van der Waals surface area contributed by atoms with E-state index in [2.05, 4.69) is 29.6 Å². The van der Waals surface area contributed by atoms with Gasteiger partial charge in [0, 0.05) is 47.1 Å². The molecule has 4 nitrogen and oxygen atoms in total. The average Bonchev–Trinajstić information content (AvgIpc) is 2.83. The van der Waals surface area contributed by atoms with E-state index in [4.69, 9.17) is 23.2 Å². The Labute approximate surface area is 215 Å². The summed E-state index contributed by atoms with van der Waals surface area (Å²) in [5.74, 6) is 0.294. The van der Waals surface area contributed by atoms with E-state index < -0.39 is 6.04 Å². The number of amides is 2. The van der Waals surface area contributed by atoms with Gasteiger partial charge >= 0.3 is 0 Å². The molecule has 7 heteroatoms. The molecule has 0 radical (unpaired) electrons. The second kappa shape index (κ2) is 12.8.